The Balaban J connectivity index is 2.70. The van der Waals surface area contributed by atoms with Gasteiger partial charge < -0.3 is 29.3 Å². The van der Waals surface area contributed by atoms with Crippen LogP contribution in [0.2, 0.25) is 0 Å². The predicted molar refractivity (Wildman–Crippen MR) is 86.5 cm³/mol. The Bertz CT molecular complexity index is 781. The van der Waals surface area contributed by atoms with Crippen molar-refractivity contribution in [1.29, 1.82) is 0 Å². The first kappa shape index (κ1) is 18.8. The standard InChI is InChI=1S/C17H20O8/c1-2-3-4-11(16-14(22)12(20)5-9(7-18)24-16)17-15(23)13(21)6-10(8-19)25-17/h5-6,11,18-19,22-23H,2-4,7-8H2,1H3. The van der Waals surface area contributed by atoms with E-state index >= 15 is 0 Å². The van der Waals surface area contributed by atoms with Crippen LogP contribution >= 0.6 is 0 Å². The summed E-state index contributed by atoms with van der Waals surface area (Å²) in [4.78, 5) is 23.8. The molecule has 4 N–H and O–H groups in total. The third-order valence-electron chi connectivity index (χ3n) is 3.79. The number of aliphatic hydroxyl groups is 2. The average molecular weight is 352 g/mol. The van der Waals surface area contributed by atoms with Crippen LogP contribution in [0.25, 0.3) is 0 Å². The van der Waals surface area contributed by atoms with Crippen LogP contribution in [0.5, 0.6) is 11.5 Å². The van der Waals surface area contributed by atoms with Gasteiger partial charge in [0.05, 0.1) is 5.92 Å². The van der Waals surface area contributed by atoms with Crippen molar-refractivity contribution in [3.8, 4) is 11.5 Å². The molecule has 0 saturated carbocycles. The van der Waals surface area contributed by atoms with Crippen LogP contribution in [0.3, 0.4) is 0 Å². The molecule has 8 heteroatoms. The molecule has 136 valence electrons. The molecule has 0 aliphatic heterocycles. The van der Waals surface area contributed by atoms with Gasteiger partial charge in [0.15, 0.2) is 11.5 Å². The van der Waals surface area contributed by atoms with Gasteiger partial charge in [-0.2, -0.15) is 0 Å². The fraction of sp³-hybridized carbons (Fsp3) is 0.412. The molecule has 0 spiro atoms. The zero-order valence-electron chi connectivity index (χ0n) is 13.7. The molecule has 2 aromatic rings. The SMILES string of the molecule is CCCCC(c1oc(CO)cc(=O)c1O)c1oc(CO)cc(=O)c1O. The second kappa shape index (κ2) is 8.00. The zero-order valence-corrected chi connectivity index (χ0v) is 13.7. The summed E-state index contributed by atoms with van der Waals surface area (Å²) in [5.74, 6) is -2.86. The van der Waals surface area contributed by atoms with Crippen molar-refractivity contribution in [1.82, 2.24) is 0 Å². The van der Waals surface area contributed by atoms with Gasteiger partial charge in [-0.25, -0.2) is 0 Å². The Hall–Kier alpha value is -2.58. The molecule has 2 aromatic heterocycles. The largest absolute Gasteiger partial charge is 0.502 e. The van der Waals surface area contributed by atoms with Crippen molar-refractivity contribution < 1.29 is 29.3 Å². The number of aliphatic hydroxyl groups excluding tert-OH is 2. The minimum Gasteiger partial charge on any atom is -0.502 e. The second-order valence-corrected chi connectivity index (χ2v) is 5.59. The van der Waals surface area contributed by atoms with Crippen LogP contribution in [0.15, 0.2) is 30.6 Å². The van der Waals surface area contributed by atoms with E-state index in [1.54, 1.807) is 0 Å². The maximum Gasteiger partial charge on any atom is 0.227 e. The molecule has 2 heterocycles. The van der Waals surface area contributed by atoms with Crippen molar-refractivity contribution in [3.63, 3.8) is 0 Å². The highest BCUT2D eigenvalue weighted by molar-refractivity contribution is 5.37. The summed E-state index contributed by atoms with van der Waals surface area (Å²) in [5.41, 5.74) is -1.51. The molecular formula is C17H20O8. The summed E-state index contributed by atoms with van der Waals surface area (Å²) in [5, 5.41) is 38.6. The Labute approximate surface area is 142 Å². The monoisotopic (exact) mass is 352 g/mol. The number of hydrogen-bond acceptors (Lipinski definition) is 8. The lowest BCUT2D eigenvalue weighted by Gasteiger charge is -2.18. The van der Waals surface area contributed by atoms with Gasteiger partial charge >= 0.3 is 0 Å². The Morgan fingerprint density at radius 2 is 1.36 bits per heavy atom. The molecule has 8 nitrogen and oxygen atoms in total. The number of hydrogen-bond donors (Lipinski definition) is 4. The van der Waals surface area contributed by atoms with E-state index in [1.165, 1.54) is 0 Å². The molecule has 0 saturated heterocycles. The van der Waals surface area contributed by atoms with Crippen LogP contribution in [0, 0.1) is 0 Å². The van der Waals surface area contributed by atoms with Crippen LogP contribution in [-0.4, -0.2) is 20.4 Å². The van der Waals surface area contributed by atoms with Crippen molar-refractivity contribution in [2.24, 2.45) is 0 Å². The van der Waals surface area contributed by atoms with Crippen LogP contribution in [0.4, 0.5) is 0 Å². The lowest BCUT2D eigenvalue weighted by Crippen LogP contribution is -2.13. The molecule has 0 aliphatic rings. The normalized spacial score (nSPS) is 11.2. The van der Waals surface area contributed by atoms with E-state index in [0.717, 1.165) is 18.6 Å². The van der Waals surface area contributed by atoms with Gasteiger partial charge in [-0.1, -0.05) is 19.8 Å². The van der Waals surface area contributed by atoms with Crippen molar-refractivity contribution in [3.05, 3.63) is 55.6 Å². The van der Waals surface area contributed by atoms with Gasteiger partial charge in [-0.3, -0.25) is 9.59 Å². The molecule has 0 radical (unpaired) electrons. The van der Waals surface area contributed by atoms with E-state index < -0.39 is 41.5 Å². The summed E-state index contributed by atoms with van der Waals surface area (Å²) in [6, 6.07) is 1.91. The predicted octanol–water partition coefficient (Wildman–Crippen LogP) is 1.31. The highest BCUT2D eigenvalue weighted by Crippen LogP contribution is 2.37. The van der Waals surface area contributed by atoms with Gasteiger partial charge in [0.2, 0.25) is 22.4 Å². The molecule has 0 unspecified atom stereocenters. The molecule has 2 rings (SSSR count). The summed E-state index contributed by atoms with van der Waals surface area (Å²) in [6.45, 7) is 0.794. The van der Waals surface area contributed by atoms with Crippen molar-refractivity contribution >= 4 is 0 Å². The van der Waals surface area contributed by atoms with E-state index in [1.807, 2.05) is 6.92 Å². The average Bonchev–Trinajstić information content (AvgIpc) is 2.61. The van der Waals surface area contributed by atoms with E-state index in [0.29, 0.717) is 12.8 Å². The first-order chi connectivity index (χ1) is 11.9. The molecule has 0 atom stereocenters. The molecule has 0 amide bonds. The first-order valence-corrected chi connectivity index (χ1v) is 7.86. The van der Waals surface area contributed by atoms with Gasteiger partial charge in [-0.15, -0.1) is 0 Å². The van der Waals surface area contributed by atoms with Crippen molar-refractivity contribution in [2.75, 3.05) is 0 Å². The minimum atomic E-state index is -0.932. The first-order valence-electron chi connectivity index (χ1n) is 7.86. The Morgan fingerprint density at radius 1 is 0.920 bits per heavy atom. The Kier molecular flexibility index (Phi) is 6.00. The molecule has 0 aromatic carbocycles. The molecular weight excluding hydrogens is 332 g/mol. The molecule has 0 fully saturated rings. The number of rotatable bonds is 7. The quantitative estimate of drug-likeness (QED) is 0.584. The van der Waals surface area contributed by atoms with Gasteiger partial charge in [0.25, 0.3) is 0 Å². The maximum atomic E-state index is 11.9. The van der Waals surface area contributed by atoms with Gasteiger partial charge in [0.1, 0.15) is 24.7 Å². The summed E-state index contributed by atoms with van der Waals surface area (Å²) >= 11 is 0. The second-order valence-electron chi connectivity index (χ2n) is 5.59. The smallest absolute Gasteiger partial charge is 0.227 e. The number of unbranched alkanes of at least 4 members (excludes halogenated alkanes) is 1. The molecule has 0 aliphatic carbocycles. The highest BCUT2D eigenvalue weighted by atomic mass is 16.4. The van der Waals surface area contributed by atoms with E-state index in [-0.39, 0.29) is 23.0 Å². The maximum absolute atomic E-state index is 11.9. The lowest BCUT2D eigenvalue weighted by molar-refractivity contribution is 0.220. The summed E-state index contributed by atoms with van der Waals surface area (Å²) in [7, 11) is 0. The van der Waals surface area contributed by atoms with Crippen LogP contribution in [-0.2, 0) is 13.2 Å². The van der Waals surface area contributed by atoms with Crippen LogP contribution in [0.1, 0.15) is 55.1 Å². The van der Waals surface area contributed by atoms with Gasteiger partial charge in [0, 0.05) is 12.1 Å². The van der Waals surface area contributed by atoms with E-state index in [9.17, 15) is 30.0 Å². The third kappa shape index (κ3) is 3.92. The van der Waals surface area contributed by atoms with Crippen molar-refractivity contribution in [2.45, 2.75) is 45.3 Å². The topological polar surface area (TPSA) is 141 Å². The molecule has 25 heavy (non-hydrogen) atoms. The molecule has 0 bridgehead atoms. The fourth-order valence-electron chi connectivity index (χ4n) is 2.53. The fourth-order valence-corrected chi connectivity index (χ4v) is 2.53. The van der Waals surface area contributed by atoms with E-state index in [2.05, 4.69) is 0 Å². The zero-order chi connectivity index (χ0) is 18.6. The summed E-state index contributed by atoms with van der Waals surface area (Å²) < 4.78 is 10.8. The lowest BCUT2D eigenvalue weighted by atomic mass is 9.94. The third-order valence-corrected chi connectivity index (χ3v) is 3.79. The number of aromatic hydroxyl groups is 2. The minimum absolute atomic E-state index is 0.0700. The van der Waals surface area contributed by atoms with Crippen LogP contribution < -0.4 is 10.9 Å². The Morgan fingerprint density at radius 3 is 1.72 bits per heavy atom. The van der Waals surface area contributed by atoms with E-state index in [4.69, 9.17) is 8.83 Å². The summed E-state index contributed by atoms with van der Waals surface area (Å²) in [6.07, 6.45) is 1.67. The van der Waals surface area contributed by atoms with Gasteiger partial charge in [-0.05, 0) is 6.42 Å². The highest BCUT2D eigenvalue weighted by Gasteiger charge is 2.29.